The van der Waals surface area contributed by atoms with E-state index in [-0.39, 0.29) is 0 Å². The summed E-state index contributed by atoms with van der Waals surface area (Å²) >= 11 is 1.97. The molecule has 1 aliphatic heterocycles. The van der Waals surface area contributed by atoms with Crippen LogP contribution in [-0.2, 0) is 4.74 Å². The van der Waals surface area contributed by atoms with E-state index in [4.69, 9.17) is 9.15 Å². The lowest BCUT2D eigenvalue weighted by Gasteiger charge is -2.12. The Morgan fingerprint density at radius 3 is 3.24 bits per heavy atom. The molecule has 1 aromatic heterocycles. The second-order valence-corrected chi connectivity index (χ2v) is 5.55. The van der Waals surface area contributed by atoms with Gasteiger partial charge in [-0.25, -0.2) is 0 Å². The number of hydrogen-bond donors (Lipinski definition) is 1. The van der Waals surface area contributed by atoms with E-state index >= 15 is 0 Å². The van der Waals surface area contributed by atoms with E-state index in [0.717, 1.165) is 30.4 Å². The van der Waals surface area contributed by atoms with Crippen LogP contribution in [0.15, 0.2) is 22.8 Å². The molecule has 0 aliphatic carbocycles. The van der Waals surface area contributed by atoms with Crippen LogP contribution >= 0.6 is 11.8 Å². The molecule has 2 heterocycles. The molecule has 2 rings (SSSR count). The molecule has 1 aliphatic rings. The van der Waals surface area contributed by atoms with Crippen LogP contribution < -0.4 is 5.32 Å². The Morgan fingerprint density at radius 1 is 1.59 bits per heavy atom. The van der Waals surface area contributed by atoms with Crippen LogP contribution in [0, 0.1) is 0 Å². The number of hydrogen-bond acceptors (Lipinski definition) is 4. The van der Waals surface area contributed by atoms with Gasteiger partial charge in [-0.2, -0.15) is 11.8 Å². The summed E-state index contributed by atoms with van der Waals surface area (Å²) < 4.78 is 10.9. The Balaban J connectivity index is 1.51. The van der Waals surface area contributed by atoms with Crippen LogP contribution in [0.5, 0.6) is 0 Å². The summed E-state index contributed by atoms with van der Waals surface area (Å²) in [6.45, 7) is 4.10. The number of thioether (sulfide) groups is 1. The Labute approximate surface area is 107 Å². The molecule has 17 heavy (non-hydrogen) atoms. The molecule has 96 valence electrons. The summed E-state index contributed by atoms with van der Waals surface area (Å²) in [7, 11) is 0. The number of nitrogens with one attached hydrogen (secondary N) is 1. The largest absolute Gasteiger partial charge is 0.468 e. The normalized spacial score (nSPS) is 21.8. The van der Waals surface area contributed by atoms with Crippen molar-refractivity contribution >= 4 is 11.8 Å². The summed E-state index contributed by atoms with van der Waals surface area (Å²) in [4.78, 5) is 0. The van der Waals surface area contributed by atoms with Gasteiger partial charge in [0.2, 0.25) is 0 Å². The average Bonchev–Trinajstić information content (AvgIpc) is 3.01. The van der Waals surface area contributed by atoms with E-state index in [0.29, 0.717) is 12.1 Å². The number of furan rings is 1. The van der Waals surface area contributed by atoms with Gasteiger partial charge in [0.25, 0.3) is 0 Å². The molecule has 3 nitrogen and oxygen atoms in total. The van der Waals surface area contributed by atoms with Crippen molar-refractivity contribution in [3.63, 3.8) is 0 Å². The minimum absolute atomic E-state index is 0.299. The van der Waals surface area contributed by atoms with E-state index < -0.39 is 0 Å². The van der Waals surface area contributed by atoms with Crippen LogP contribution in [0.2, 0.25) is 0 Å². The van der Waals surface area contributed by atoms with Gasteiger partial charge in [0.05, 0.1) is 18.4 Å². The summed E-state index contributed by atoms with van der Waals surface area (Å²) in [5, 5.41) is 3.46. The molecule has 1 saturated heterocycles. The number of ether oxygens (including phenoxy) is 1. The van der Waals surface area contributed by atoms with E-state index in [1.165, 1.54) is 12.8 Å². The zero-order chi connectivity index (χ0) is 11.9. The lowest BCUT2D eigenvalue weighted by atomic mass is 10.2. The fourth-order valence-electron chi connectivity index (χ4n) is 1.98. The molecule has 4 heteroatoms. The molecule has 2 atom stereocenters. The quantitative estimate of drug-likeness (QED) is 0.760. The van der Waals surface area contributed by atoms with Crippen molar-refractivity contribution in [3.8, 4) is 0 Å². The molecule has 0 aromatic carbocycles. The second-order valence-electron chi connectivity index (χ2n) is 4.40. The fourth-order valence-corrected chi connectivity index (χ4v) is 2.93. The van der Waals surface area contributed by atoms with Gasteiger partial charge < -0.3 is 14.5 Å². The smallest absolute Gasteiger partial charge is 0.120 e. The van der Waals surface area contributed by atoms with Gasteiger partial charge in [-0.1, -0.05) is 0 Å². The summed E-state index contributed by atoms with van der Waals surface area (Å²) in [5.41, 5.74) is 0. The molecule has 1 aromatic rings. The van der Waals surface area contributed by atoms with Crippen LogP contribution in [0.4, 0.5) is 0 Å². The topological polar surface area (TPSA) is 34.4 Å². The van der Waals surface area contributed by atoms with Crippen molar-refractivity contribution in [1.29, 1.82) is 0 Å². The maximum Gasteiger partial charge on any atom is 0.120 e. The van der Waals surface area contributed by atoms with E-state index in [1.807, 2.05) is 23.9 Å². The minimum Gasteiger partial charge on any atom is -0.468 e. The van der Waals surface area contributed by atoms with Crippen LogP contribution in [0.25, 0.3) is 0 Å². The highest BCUT2D eigenvalue weighted by Gasteiger charge is 2.14. The Hall–Kier alpha value is -0.450. The first-order valence-corrected chi connectivity index (χ1v) is 7.48. The zero-order valence-electron chi connectivity index (χ0n) is 10.4. The first-order chi connectivity index (χ1) is 8.36. The van der Waals surface area contributed by atoms with Crippen molar-refractivity contribution < 1.29 is 9.15 Å². The zero-order valence-corrected chi connectivity index (χ0v) is 11.2. The first-order valence-electron chi connectivity index (χ1n) is 6.32. The molecule has 0 spiro atoms. The van der Waals surface area contributed by atoms with Gasteiger partial charge in [-0.15, -0.1) is 0 Å². The monoisotopic (exact) mass is 255 g/mol. The molecule has 0 radical (unpaired) electrons. The van der Waals surface area contributed by atoms with Gasteiger partial charge in [-0.05, 0) is 31.9 Å². The maximum absolute atomic E-state index is 5.58. The van der Waals surface area contributed by atoms with Crippen molar-refractivity contribution in [3.05, 3.63) is 24.2 Å². The Morgan fingerprint density at radius 2 is 2.53 bits per heavy atom. The third-order valence-corrected chi connectivity index (χ3v) is 4.09. The fraction of sp³-hybridized carbons (Fsp3) is 0.692. The van der Waals surface area contributed by atoms with Crippen molar-refractivity contribution in [2.75, 3.05) is 24.7 Å². The predicted molar refractivity (Wildman–Crippen MR) is 71.4 cm³/mol. The molecule has 0 saturated carbocycles. The van der Waals surface area contributed by atoms with E-state index in [9.17, 15) is 0 Å². The number of rotatable bonds is 7. The maximum atomic E-state index is 5.58. The standard InChI is InChI=1S/C13H21NO2S/c1-11(13-5-3-8-16-13)14-6-9-17-10-12-4-2-7-15-12/h3,5,8,11-12,14H,2,4,6-7,9-10H2,1H3. The minimum atomic E-state index is 0.299. The van der Waals surface area contributed by atoms with Crippen molar-refractivity contribution in [2.24, 2.45) is 0 Å². The average molecular weight is 255 g/mol. The Bertz CT molecular complexity index is 296. The van der Waals surface area contributed by atoms with Gasteiger partial charge >= 0.3 is 0 Å². The molecular weight excluding hydrogens is 234 g/mol. The SMILES string of the molecule is CC(NCCSCC1CCCO1)c1ccco1. The lowest BCUT2D eigenvalue weighted by Crippen LogP contribution is -2.21. The van der Waals surface area contributed by atoms with Crippen LogP contribution in [0.1, 0.15) is 31.6 Å². The van der Waals surface area contributed by atoms with Crippen molar-refractivity contribution in [2.45, 2.75) is 31.9 Å². The molecule has 0 amide bonds. The molecule has 1 N–H and O–H groups in total. The van der Waals surface area contributed by atoms with Crippen LogP contribution in [0.3, 0.4) is 0 Å². The molecule has 2 unspecified atom stereocenters. The van der Waals surface area contributed by atoms with Gasteiger partial charge in [0.1, 0.15) is 5.76 Å². The third kappa shape index (κ3) is 4.37. The summed E-state index contributed by atoms with van der Waals surface area (Å²) in [6, 6.07) is 4.24. The van der Waals surface area contributed by atoms with Crippen molar-refractivity contribution in [1.82, 2.24) is 5.32 Å². The highest BCUT2D eigenvalue weighted by Crippen LogP contribution is 2.17. The van der Waals surface area contributed by atoms with Gasteiger partial charge in [0, 0.05) is 24.7 Å². The lowest BCUT2D eigenvalue weighted by molar-refractivity contribution is 0.129. The highest BCUT2D eigenvalue weighted by molar-refractivity contribution is 7.99. The predicted octanol–water partition coefficient (Wildman–Crippen LogP) is 2.84. The van der Waals surface area contributed by atoms with E-state index in [2.05, 4.69) is 12.2 Å². The highest BCUT2D eigenvalue weighted by atomic mass is 32.2. The second kappa shape index (κ2) is 7.09. The first kappa shape index (κ1) is 13.0. The van der Waals surface area contributed by atoms with E-state index in [1.54, 1.807) is 6.26 Å². The molecule has 0 bridgehead atoms. The summed E-state index contributed by atoms with van der Waals surface area (Å²) in [5.74, 6) is 3.27. The van der Waals surface area contributed by atoms with Gasteiger partial charge in [0.15, 0.2) is 0 Å². The summed E-state index contributed by atoms with van der Waals surface area (Å²) in [6.07, 6.45) is 4.70. The van der Waals surface area contributed by atoms with Gasteiger partial charge in [-0.3, -0.25) is 0 Å². The molecule has 1 fully saturated rings. The van der Waals surface area contributed by atoms with Crippen LogP contribution in [-0.4, -0.2) is 30.8 Å². The molecular formula is C13H21NO2S. The third-order valence-electron chi connectivity index (χ3n) is 2.99. The Kier molecular flexibility index (Phi) is 5.42.